The molecule has 0 spiro atoms. The van der Waals surface area contributed by atoms with Gasteiger partial charge in [-0.2, -0.15) is 4.98 Å². The Kier molecular flexibility index (Phi) is 8.12. The lowest BCUT2D eigenvalue weighted by molar-refractivity contribution is 0.0226. The predicted octanol–water partition coefficient (Wildman–Crippen LogP) is 0.143. The number of nitrogens with zero attached hydrogens (tertiary/aromatic N) is 6. The Morgan fingerprint density at radius 3 is 2.25 bits per heavy atom. The van der Waals surface area contributed by atoms with Gasteiger partial charge in [-0.1, -0.05) is 12.1 Å². The number of piperazine rings is 2. The number of nitrogens with two attached hydrogens (primary N) is 2. The molecule has 1 aromatic carbocycles. The molecule has 4 heterocycles. The number of hydrogen-bond donors (Lipinski definition) is 3. The van der Waals surface area contributed by atoms with Gasteiger partial charge in [0.25, 0.3) is 0 Å². The number of ether oxygens (including phenoxy) is 1. The third kappa shape index (κ3) is 5.55. The monoisotopic (exact) mass is 499 g/mol. The lowest BCUT2D eigenvalue weighted by Crippen LogP contribution is -2.49. The Balaban J connectivity index is 1.35. The molecule has 10 nitrogen and oxygen atoms in total. The van der Waals surface area contributed by atoms with Gasteiger partial charge in [-0.05, 0) is 17.7 Å². The van der Waals surface area contributed by atoms with Crippen molar-refractivity contribution in [2.24, 2.45) is 11.5 Å². The van der Waals surface area contributed by atoms with E-state index in [-0.39, 0.29) is 5.82 Å². The summed E-state index contributed by atoms with van der Waals surface area (Å²) < 4.78 is 21.8. The van der Waals surface area contributed by atoms with Gasteiger partial charge in [0.15, 0.2) is 11.6 Å². The number of morpholine rings is 1. The van der Waals surface area contributed by atoms with Crippen molar-refractivity contribution < 1.29 is 9.13 Å². The van der Waals surface area contributed by atoms with Crippen LogP contribution in [0.5, 0.6) is 0 Å². The second-order valence-corrected chi connectivity index (χ2v) is 9.57. The summed E-state index contributed by atoms with van der Waals surface area (Å²) in [5.74, 6) is 0.601. The van der Waals surface area contributed by atoms with Crippen molar-refractivity contribution >= 4 is 17.5 Å². The summed E-state index contributed by atoms with van der Waals surface area (Å²) in [5.41, 5.74) is 14.1. The number of benzene rings is 1. The molecule has 1 aromatic heterocycles. The highest BCUT2D eigenvalue weighted by molar-refractivity contribution is 5.53. The lowest BCUT2D eigenvalue weighted by atomic mass is 10.1. The van der Waals surface area contributed by atoms with Crippen LogP contribution >= 0.6 is 0 Å². The predicted molar refractivity (Wildman–Crippen MR) is 140 cm³/mol. The molecule has 0 saturated carbocycles. The van der Waals surface area contributed by atoms with Crippen molar-refractivity contribution in [3.05, 3.63) is 41.3 Å². The normalized spacial score (nSPS) is 21.8. The van der Waals surface area contributed by atoms with Gasteiger partial charge < -0.3 is 36.2 Å². The first-order valence-electron chi connectivity index (χ1n) is 13.0. The van der Waals surface area contributed by atoms with Crippen LogP contribution in [0.2, 0.25) is 0 Å². The highest BCUT2D eigenvalue weighted by Gasteiger charge is 2.30. The largest absolute Gasteiger partial charge is 0.369 e. The molecule has 5 N–H and O–H groups in total. The first-order valence-corrected chi connectivity index (χ1v) is 13.0. The second-order valence-electron chi connectivity index (χ2n) is 9.57. The fourth-order valence-electron chi connectivity index (χ4n) is 5.12. The van der Waals surface area contributed by atoms with Gasteiger partial charge in [0.05, 0.1) is 6.61 Å². The average molecular weight is 500 g/mol. The molecule has 3 aliphatic rings. The Morgan fingerprint density at radius 2 is 1.61 bits per heavy atom. The number of rotatable bonds is 7. The summed E-state index contributed by atoms with van der Waals surface area (Å²) in [4.78, 5) is 18.4. The van der Waals surface area contributed by atoms with Crippen LogP contribution in [-0.4, -0.2) is 100 Å². The van der Waals surface area contributed by atoms with Crippen LogP contribution in [-0.2, 0) is 11.3 Å². The fraction of sp³-hybridized carbons (Fsp3) is 0.600. The van der Waals surface area contributed by atoms with Crippen molar-refractivity contribution in [1.82, 2.24) is 20.2 Å². The maximum Gasteiger partial charge on any atom is 0.227 e. The zero-order chi connectivity index (χ0) is 24.9. The van der Waals surface area contributed by atoms with Crippen molar-refractivity contribution in [2.75, 3.05) is 99.8 Å². The SMILES string of the molecule is NCCN1CCN(c2nc(C3CNCCO3)c(F)c(N3CCN(c4ccc(CN)cc4)CC3)n2)CC1. The average Bonchev–Trinajstić information content (AvgIpc) is 2.94. The van der Waals surface area contributed by atoms with Crippen LogP contribution in [0.15, 0.2) is 24.3 Å². The number of halogens is 1. The lowest BCUT2D eigenvalue weighted by Gasteiger charge is -2.38. The summed E-state index contributed by atoms with van der Waals surface area (Å²) >= 11 is 0. The van der Waals surface area contributed by atoms with Crippen molar-refractivity contribution in [2.45, 2.75) is 12.6 Å². The second kappa shape index (κ2) is 11.7. The molecule has 11 heteroatoms. The van der Waals surface area contributed by atoms with E-state index in [0.29, 0.717) is 56.8 Å². The Hall–Kier alpha value is -2.57. The minimum Gasteiger partial charge on any atom is -0.369 e. The highest BCUT2D eigenvalue weighted by Crippen LogP contribution is 2.30. The van der Waals surface area contributed by atoms with Gasteiger partial charge in [-0.3, -0.25) is 4.90 Å². The van der Waals surface area contributed by atoms with Gasteiger partial charge in [0, 0.05) is 90.8 Å². The van der Waals surface area contributed by atoms with Crippen molar-refractivity contribution in [3.8, 4) is 0 Å². The number of aromatic nitrogens is 2. The van der Waals surface area contributed by atoms with E-state index in [1.54, 1.807) is 0 Å². The summed E-state index contributed by atoms with van der Waals surface area (Å²) in [6, 6.07) is 8.35. The summed E-state index contributed by atoms with van der Waals surface area (Å²) in [6.45, 7) is 10.2. The Labute approximate surface area is 212 Å². The summed E-state index contributed by atoms with van der Waals surface area (Å²) in [6.07, 6.45) is -0.417. The van der Waals surface area contributed by atoms with Crippen LogP contribution in [0.3, 0.4) is 0 Å². The van der Waals surface area contributed by atoms with E-state index in [1.165, 1.54) is 0 Å². The first-order chi connectivity index (χ1) is 17.7. The molecule has 0 radical (unpaired) electrons. The van der Waals surface area contributed by atoms with E-state index < -0.39 is 6.10 Å². The summed E-state index contributed by atoms with van der Waals surface area (Å²) in [5, 5.41) is 3.30. The molecule has 1 unspecified atom stereocenters. The Morgan fingerprint density at radius 1 is 0.917 bits per heavy atom. The number of anilines is 3. The molecule has 0 aliphatic carbocycles. The van der Waals surface area contributed by atoms with Crippen LogP contribution in [0.1, 0.15) is 17.4 Å². The molecule has 0 bridgehead atoms. The molecule has 3 saturated heterocycles. The van der Waals surface area contributed by atoms with Gasteiger partial charge in [0.2, 0.25) is 5.95 Å². The zero-order valence-corrected chi connectivity index (χ0v) is 20.9. The van der Waals surface area contributed by atoms with E-state index in [9.17, 15) is 0 Å². The molecule has 0 amide bonds. The van der Waals surface area contributed by atoms with E-state index in [1.807, 2.05) is 0 Å². The fourth-order valence-corrected chi connectivity index (χ4v) is 5.12. The van der Waals surface area contributed by atoms with E-state index in [0.717, 1.165) is 63.6 Å². The molecule has 36 heavy (non-hydrogen) atoms. The molecule has 3 fully saturated rings. The van der Waals surface area contributed by atoms with Gasteiger partial charge in [0.1, 0.15) is 11.8 Å². The standard InChI is InChI=1S/C25H38FN9O/c26-22-23(21-18-29-6-16-36-21)30-25(35-10-8-32(7-5-27)9-11-35)31-24(22)34-14-12-33(13-15-34)20-3-1-19(17-28)2-4-20/h1-4,21,29H,5-18,27-28H2. The smallest absolute Gasteiger partial charge is 0.227 e. The third-order valence-electron chi connectivity index (χ3n) is 7.30. The molecular weight excluding hydrogens is 461 g/mol. The molecule has 2 aromatic rings. The molecule has 5 rings (SSSR count). The van der Waals surface area contributed by atoms with Crippen molar-refractivity contribution in [1.29, 1.82) is 0 Å². The number of nitrogens with one attached hydrogen (secondary N) is 1. The summed E-state index contributed by atoms with van der Waals surface area (Å²) in [7, 11) is 0. The van der Waals surface area contributed by atoms with Gasteiger partial charge in [-0.15, -0.1) is 0 Å². The quantitative estimate of drug-likeness (QED) is 0.486. The maximum absolute atomic E-state index is 15.9. The third-order valence-corrected chi connectivity index (χ3v) is 7.30. The topological polar surface area (TPSA) is 112 Å². The Bertz CT molecular complexity index is 986. The molecule has 196 valence electrons. The molecular formula is C25H38FN9O. The van der Waals surface area contributed by atoms with Crippen LogP contribution in [0, 0.1) is 5.82 Å². The van der Waals surface area contributed by atoms with Crippen molar-refractivity contribution in [3.63, 3.8) is 0 Å². The molecule has 3 aliphatic heterocycles. The minimum atomic E-state index is -0.417. The van der Waals surface area contributed by atoms with E-state index in [2.05, 4.69) is 49.2 Å². The zero-order valence-electron chi connectivity index (χ0n) is 20.9. The maximum atomic E-state index is 15.9. The van der Waals surface area contributed by atoms with Crippen LogP contribution < -0.4 is 31.5 Å². The highest BCUT2D eigenvalue weighted by atomic mass is 19.1. The van der Waals surface area contributed by atoms with Gasteiger partial charge in [-0.25, -0.2) is 9.37 Å². The van der Waals surface area contributed by atoms with Gasteiger partial charge >= 0.3 is 0 Å². The first kappa shape index (κ1) is 25.1. The number of hydrogen-bond acceptors (Lipinski definition) is 10. The minimum absolute atomic E-state index is 0.353. The molecule has 1 atom stereocenters. The van der Waals surface area contributed by atoms with E-state index in [4.69, 9.17) is 26.2 Å². The van der Waals surface area contributed by atoms with E-state index >= 15 is 4.39 Å². The van der Waals surface area contributed by atoms with Crippen LogP contribution in [0.25, 0.3) is 0 Å². The van der Waals surface area contributed by atoms with Crippen LogP contribution in [0.4, 0.5) is 21.8 Å².